The Morgan fingerprint density at radius 3 is 2.53 bits per heavy atom. The first-order valence-electron chi connectivity index (χ1n) is 9.86. The van der Waals surface area contributed by atoms with Gasteiger partial charge in [-0.3, -0.25) is 4.79 Å². The highest BCUT2D eigenvalue weighted by Gasteiger charge is 2.33. The van der Waals surface area contributed by atoms with Gasteiger partial charge in [0.2, 0.25) is 10.0 Å². The van der Waals surface area contributed by atoms with E-state index in [1.54, 1.807) is 32.5 Å². The number of sulfonamides is 1. The van der Waals surface area contributed by atoms with Crippen LogP contribution < -0.4 is 9.62 Å². The smallest absolute Gasteiger partial charge is 0.305 e. The van der Waals surface area contributed by atoms with Crippen LogP contribution >= 0.6 is 11.8 Å². The van der Waals surface area contributed by atoms with Gasteiger partial charge in [-0.25, -0.2) is 13.1 Å². The third kappa shape index (κ3) is 5.36. The predicted molar refractivity (Wildman–Crippen MR) is 121 cm³/mol. The summed E-state index contributed by atoms with van der Waals surface area (Å²) in [5.74, 6) is -0.0844. The van der Waals surface area contributed by atoms with Crippen molar-refractivity contribution < 1.29 is 18.3 Å². The molecule has 2 aromatic rings. The zero-order valence-electron chi connectivity index (χ0n) is 17.5. The third-order valence-electron chi connectivity index (χ3n) is 5.04. The lowest BCUT2D eigenvalue weighted by Gasteiger charge is -2.32. The molecule has 0 aliphatic carbocycles. The molecule has 0 bridgehead atoms. The average molecular weight is 449 g/mol. The Morgan fingerprint density at radius 2 is 1.90 bits per heavy atom. The highest BCUT2D eigenvalue weighted by atomic mass is 32.2. The number of carboxylic acids is 1. The minimum absolute atomic E-state index is 0.320. The molecule has 0 radical (unpaired) electrons. The number of hydrogen-bond acceptors (Lipinski definition) is 5. The first kappa shape index (κ1) is 22.7. The molecule has 2 aromatic carbocycles. The summed E-state index contributed by atoms with van der Waals surface area (Å²) < 4.78 is 27.0. The van der Waals surface area contributed by atoms with Crippen LogP contribution in [-0.4, -0.2) is 36.5 Å². The van der Waals surface area contributed by atoms with Crippen molar-refractivity contribution in [3.05, 3.63) is 59.7 Å². The maximum absolute atomic E-state index is 12.7. The highest BCUT2D eigenvalue weighted by molar-refractivity contribution is 7.99. The fourth-order valence-electron chi connectivity index (χ4n) is 3.24. The molecule has 162 valence electrons. The molecule has 1 atom stereocenters. The summed E-state index contributed by atoms with van der Waals surface area (Å²) in [6, 6.07) is 15.1. The van der Waals surface area contributed by atoms with Gasteiger partial charge in [-0.2, -0.15) is 0 Å². The fourth-order valence-corrected chi connectivity index (χ4v) is 5.22. The van der Waals surface area contributed by atoms with Gasteiger partial charge in [0, 0.05) is 23.7 Å². The molecule has 0 saturated heterocycles. The first-order valence-corrected chi connectivity index (χ1v) is 12.3. The zero-order chi connectivity index (χ0) is 21.9. The van der Waals surface area contributed by atoms with Gasteiger partial charge in [0.15, 0.2) is 0 Å². The molecule has 1 aliphatic heterocycles. The van der Waals surface area contributed by atoms with E-state index in [4.69, 9.17) is 0 Å². The Bertz CT molecular complexity index is 1000. The number of thioether (sulfide) groups is 1. The second kappa shape index (κ2) is 8.99. The molecule has 1 heterocycles. The zero-order valence-corrected chi connectivity index (χ0v) is 19.1. The molecule has 0 fully saturated rings. The van der Waals surface area contributed by atoms with E-state index in [1.807, 2.05) is 36.4 Å². The second-order valence-corrected chi connectivity index (χ2v) is 12.0. The summed E-state index contributed by atoms with van der Waals surface area (Å²) in [7, 11) is -3.71. The van der Waals surface area contributed by atoms with Crippen LogP contribution in [0.3, 0.4) is 0 Å². The van der Waals surface area contributed by atoms with Crippen molar-refractivity contribution in [1.82, 2.24) is 4.72 Å². The minimum Gasteiger partial charge on any atom is -0.481 e. The minimum atomic E-state index is -3.71. The number of rotatable bonds is 7. The molecule has 3 rings (SSSR count). The van der Waals surface area contributed by atoms with Gasteiger partial charge in [-0.15, -0.1) is 11.8 Å². The Balaban J connectivity index is 1.94. The largest absolute Gasteiger partial charge is 0.481 e. The van der Waals surface area contributed by atoms with E-state index >= 15 is 0 Å². The number of carbonyl (C=O) groups is 1. The lowest BCUT2D eigenvalue weighted by molar-refractivity contribution is -0.137. The molecule has 0 spiro atoms. The molecule has 2 N–H and O–H groups in total. The molecule has 1 unspecified atom stereocenters. The summed E-state index contributed by atoms with van der Waals surface area (Å²) in [5.41, 5.74) is 2.86. The lowest BCUT2D eigenvalue weighted by Crippen LogP contribution is -2.41. The van der Waals surface area contributed by atoms with E-state index in [1.165, 1.54) is 5.56 Å². The number of nitrogens with one attached hydrogen (secondary N) is 1. The van der Waals surface area contributed by atoms with Crippen LogP contribution in [-0.2, 0) is 21.4 Å². The Kier molecular flexibility index (Phi) is 6.79. The first-order chi connectivity index (χ1) is 14.1. The summed E-state index contributed by atoms with van der Waals surface area (Å²) in [4.78, 5) is 14.8. The van der Waals surface area contributed by atoms with Gasteiger partial charge in [-0.1, -0.05) is 36.4 Å². The molecule has 0 saturated carbocycles. The number of carboxylic acid groups (broad SMARTS) is 1. The second-order valence-electron chi connectivity index (χ2n) is 8.37. The third-order valence-corrected chi connectivity index (χ3v) is 8.29. The number of aliphatic carboxylic acids is 1. The van der Waals surface area contributed by atoms with Gasteiger partial charge in [-0.05, 0) is 44.0 Å². The number of fused-ring (bicyclic) bond motifs is 1. The van der Waals surface area contributed by atoms with E-state index in [0.717, 1.165) is 29.4 Å². The molecule has 30 heavy (non-hydrogen) atoms. The topological polar surface area (TPSA) is 86.7 Å². The highest BCUT2D eigenvalue weighted by Crippen LogP contribution is 2.38. The molecule has 8 heteroatoms. The van der Waals surface area contributed by atoms with Gasteiger partial charge < -0.3 is 10.0 Å². The summed E-state index contributed by atoms with van der Waals surface area (Å²) in [6.45, 7) is 6.40. The molecule has 0 amide bonds. The van der Waals surface area contributed by atoms with Crippen LogP contribution in [0, 0.1) is 0 Å². The van der Waals surface area contributed by atoms with Crippen molar-refractivity contribution in [3.8, 4) is 0 Å². The fraction of sp³-hybridized carbons (Fsp3) is 0.409. The van der Waals surface area contributed by atoms with Crippen LogP contribution in [0.25, 0.3) is 0 Å². The van der Waals surface area contributed by atoms with Crippen molar-refractivity contribution in [2.45, 2.75) is 49.4 Å². The predicted octanol–water partition coefficient (Wildman–Crippen LogP) is 4.03. The molecular weight excluding hydrogens is 420 g/mol. The SMILES string of the molecule is CC(C)(C)S(=O)(=O)NC(CC(=O)O)c1ccc2c(c1)N(Cc1ccccc1)CCS2. The van der Waals surface area contributed by atoms with Crippen LogP contribution in [0.4, 0.5) is 5.69 Å². The molecule has 0 aromatic heterocycles. The van der Waals surface area contributed by atoms with Gasteiger partial charge >= 0.3 is 5.97 Å². The van der Waals surface area contributed by atoms with Crippen molar-refractivity contribution in [2.75, 3.05) is 17.2 Å². The van der Waals surface area contributed by atoms with Gasteiger partial charge in [0.05, 0.1) is 22.9 Å². The van der Waals surface area contributed by atoms with Crippen LogP contribution in [0.1, 0.15) is 44.4 Å². The lowest BCUT2D eigenvalue weighted by atomic mass is 10.0. The van der Waals surface area contributed by atoms with E-state index in [-0.39, 0.29) is 6.42 Å². The number of anilines is 1. The average Bonchev–Trinajstić information content (AvgIpc) is 2.67. The monoisotopic (exact) mass is 448 g/mol. The number of hydrogen-bond donors (Lipinski definition) is 2. The van der Waals surface area contributed by atoms with Crippen molar-refractivity contribution in [3.63, 3.8) is 0 Å². The Morgan fingerprint density at radius 1 is 1.20 bits per heavy atom. The van der Waals surface area contributed by atoms with Crippen molar-refractivity contribution in [2.24, 2.45) is 0 Å². The Labute approximate surface area is 182 Å². The molecule has 1 aliphatic rings. The van der Waals surface area contributed by atoms with Crippen molar-refractivity contribution in [1.29, 1.82) is 0 Å². The van der Waals surface area contributed by atoms with Crippen molar-refractivity contribution >= 4 is 33.4 Å². The normalized spacial score (nSPS) is 15.5. The summed E-state index contributed by atoms with van der Waals surface area (Å²) >= 11 is 1.76. The molecule has 6 nitrogen and oxygen atoms in total. The van der Waals surface area contributed by atoms with E-state index in [0.29, 0.717) is 5.56 Å². The standard InChI is InChI=1S/C22H28N2O4S2/c1-22(2,3)30(27,28)23-18(14-21(25)26)17-9-10-20-19(13-17)24(11-12-29-20)15-16-7-5-4-6-8-16/h4-10,13,18,23H,11-12,14-15H2,1-3H3,(H,25,26). The van der Waals surface area contributed by atoms with E-state index < -0.39 is 26.8 Å². The molecular formula is C22H28N2O4S2. The van der Waals surface area contributed by atoms with Gasteiger partial charge in [0.25, 0.3) is 0 Å². The number of nitrogens with zero attached hydrogens (tertiary/aromatic N) is 1. The quantitative estimate of drug-likeness (QED) is 0.665. The van der Waals surface area contributed by atoms with Crippen LogP contribution in [0.15, 0.2) is 53.4 Å². The summed E-state index contributed by atoms with van der Waals surface area (Å²) in [6.07, 6.45) is -0.320. The van der Waals surface area contributed by atoms with Crippen LogP contribution in [0.5, 0.6) is 0 Å². The van der Waals surface area contributed by atoms with Gasteiger partial charge in [0.1, 0.15) is 0 Å². The number of benzene rings is 2. The van der Waals surface area contributed by atoms with E-state index in [2.05, 4.69) is 21.8 Å². The summed E-state index contributed by atoms with van der Waals surface area (Å²) in [5, 5.41) is 9.38. The van der Waals surface area contributed by atoms with E-state index in [9.17, 15) is 18.3 Å². The van der Waals surface area contributed by atoms with Crippen LogP contribution in [0.2, 0.25) is 0 Å². The Hall–Kier alpha value is -2.03. The maximum Gasteiger partial charge on any atom is 0.305 e. The maximum atomic E-state index is 12.7.